The Morgan fingerprint density at radius 1 is 1.32 bits per heavy atom. The van der Waals surface area contributed by atoms with Gasteiger partial charge in [-0.3, -0.25) is 9.89 Å². The third-order valence-corrected chi connectivity index (χ3v) is 6.18. The molecule has 1 unspecified atom stereocenters. The van der Waals surface area contributed by atoms with E-state index < -0.39 is 0 Å². The monoisotopic (exact) mass is 363 g/mol. The molecule has 0 saturated carbocycles. The van der Waals surface area contributed by atoms with Gasteiger partial charge < -0.3 is 10.2 Å². The zero-order valence-corrected chi connectivity index (χ0v) is 17.0. The molecule has 25 heavy (non-hydrogen) atoms. The highest BCUT2D eigenvalue weighted by molar-refractivity contribution is 7.09. The van der Waals surface area contributed by atoms with Crippen molar-refractivity contribution < 1.29 is 0 Å². The number of hydrogen-bond acceptors (Lipinski definition) is 4. The van der Waals surface area contributed by atoms with E-state index in [4.69, 9.17) is 4.98 Å². The first-order valence-corrected chi connectivity index (χ1v) is 10.5. The first kappa shape index (κ1) is 18.6. The van der Waals surface area contributed by atoms with E-state index in [1.807, 2.05) is 7.05 Å². The van der Waals surface area contributed by atoms with Crippen molar-refractivity contribution in [3.05, 3.63) is 16.1 Å². The number of aliphatic imine (C=N–C) groups is 1. The summed E-state index contributed by atoms with van der Waals surface area (Å²) in [6, 6.07) is 0.717. The van der Waals surface area contributed by atoms with E-state index in [0.29, 0.717) is 6.04 Å². The van der Waals surface area contributed by atoms with E-state index in [2.05, 4.69) is 46.3 Å². The van der Waals surface area contributed by atoms with Gasteiger partial charge in [0.2, 0.25) is 0 Å². The Morgan fingerprint density at radius 3 is 2.72 bits per heavy atom. The van der Waals surface area contributed by atoms with Crippen molar-refractivity contribution in [2.75, 3.05) is 39.8 Å². The zero-order valence-electron chi connectivity index (χ0n) is 16.2. The average Bonchev–Trinajstić information content (AvgIpc) is 3.31. The van der Waals surface area contributed by atoms with Crippen LogP contribution in [0.25, 0.3) is 0 Å². The van der Waals surface area contributed by atoms with Gasteiger partial charge in [-0.1, -0.05) is 20.8 Å². The summed E-state index contributed by atoms with van der Waals surface area (Å²) in [4.78, 5) is 14.4. The molecule has 6 heteroatoms. The van der Waals surface area contributed by atoms with Gasteiger partial charge in [-0.15, -0.1) is 11.3 Å². The molecular formula is C19H33N5S. The van der Waals surface area contributed by atoms with Gasteiger partial charge in [0, 0.05) is 49.9 Å². The van der Waals surface area contributed by atoms with Crippen LogP contribution < -0.4 is 5.32 Å². The molecule has 0 aromatic carbocycles. The molecule has 140 valence electrons. The minimum absolute atomic E-state index is 0.137. The highest BCUT2D eigenvalue weighted by Gasteiger charge is 2.30. The van der Waals surface area contributed by atoms with Gasteiger partial charge in [0.1, 0.15) is 0 Å². The average molecular weight is 364 g/mol. The number of nitrogens with one attached hydrogen (secondary N) is 1. The maximum Gasteiger partial charge on any atom is 0.193 e. The Labute approximate surface area is 156 Å². The number of guanidine groups is 1. The zero-order chi connectivity index (χ0) is 17.9. The van der Waals surface area contributed by atoms with Crippen molar-refractivity contribution in [1.29, 1.82) is 0 Å². The van der Waals surface area contributed by atoms with Gasteiger partial charge in [-0.2, -0.15) is 0 Å². The highest BCUT2D eigenvalue weighted by atomic mass is 32.1. The third kappa shape index (κ3) is 4.73. The fourth-order valence-corrected chi connectivity index (χ4v) is 4.75. The summed E-state index contributed by atoms with van der Waals surface area (Å²) in [5.74, 6) is 1.05. The van der Waals surface area contributed by atoms with Crippen LogP contribution in [0.5, 0.6) is 0 Å². The number of thiazole rings is 1. The second-order valence-corrected chi connectivity index (χ2v) is 9.17. The summed E-state index contributed by atoms with van der Waals surface area (Å²) in [5, 5.41) is 6.95. The summed E-state index contributed by atoms with van der Waals surface area (Å²) >= 11 is 1.77. The van der Waals surface area contributed by atoms with Crippen LogP contribution >= 0.6 is 11.3 Å². The number of likely N-dealkylation sites (tertiary alicyclic amines) is 2. The van der Waals surface area contributed by atoms with Crippen molar-refractivity contribution in [1.82, 2.24) is 20.1 Å². The molecule has 3 rings (SSSR count). The standard InChI is InChI=1S/C19H33N5S/c1-19(2,3)16-14-25-17(22-16)7-9-21-18(20-4)24-12-8-15(13-24)23-10-5-6-11-23/h14-15H,5-13H2,1-4H3,(H,20,21). The fraction of sp³-hybridized carbons (Fsp3) is 0.789. The Balaban J connectivity index is 1.46. The summed E-state index contributed by atoms with van der Waals surface area (Å²) in [6.45, 7) is 12.4. The number of rotatable bonds is 4. The summed E-state index contributed by atoms with van der Waals surface area (Å²) in [7, 11) is 1.90. The van der Waals surface area contributed by atoms with Crippen molar-refractivity contribution in [3.8, 4) is 0 Å². The van der Waals surface area contributed by atoms with E-state index in [1.54, 1.807) is 11.3 Å². The van der Waals surface area contributed by atoms with Crippen molar-refractivity contribution in [2.45, 2.75) is 57.9 Å². The van der Waals surface area contributed by atoms with E-state index in [1.165, 1.54) is 43.1 Å². The SMILES string of the molecule is CN=C(NCCc1nc(C(C)(C)C)cs1)N1CCC(N2CCCC2)C1. The van der Waals surface area contributed by atoms with Crippen molar-refractivity contribution in [2.24, 2.45) is 4.99 Å². The van der Waals surface area contributed by atoms with Crippen LogP contribution in [0.4, 0.5) is 0 Å². The first-order chi connectivity index (χ1) is 12.0. The first-order valence-electron chi connectivity index (χ1n) is 9.62. The van der Waals surface area contributed by atoms with Crippen LogP contribution in [0.2, 0.25) is 0 Å². The predicted octanol–water partition coefficient (Wildman–Crippen LogP) is 2.73. The predicted molar refractivity (Wildman–Crippen MR) is 107 cm³/mol. The van der Waals surface area contributed by atoms with Crippen LogP contribution in [-0.4, -0.2) is 66.6 Å². The molecule has 5 nitrogen and oxygen atoms in total. The lowest BCUT2D eigenvalue weighted by molar-refractivity contribution is 0.249. The Bertz CT molecular complexity index is 583. The molecule has 1 aromatic heterocycles. The van der Waals surface area contributed by atoms with Crippen LogP contribution in [0, 0.1) is 0 Å². The Hall–Kier alpha value is -1.14. The maximum atomic E-state index is 4.78. The van der Waals surface area contributed by atoms with Crippen molar-refractivity contribution in [3.63, 3.8) is 0 Å². The lowest BCUT2D eigenvalue weighted by Gasteiger charge is -2.25. The second-order valence-electron chi connectivity index (χ2n) is 8.23. The van der Waals surface area contributed by atoms with Gasteiger partial charge in [0.15, 0.2) is 5.96 Å². The van der Waals surface area contributed by atoms with E-state index in [-0.39, 0.29) is 5.41 Å². The van der Waals surface area contributed by atoms with Crippen LogP contribution in [0.3, 0.4) is 0 Å². The summed E-state index contributed by atoms with van der Waals surface area (Å²) in [6.07, 6.45) is 4.97. The molecule has 0 radical (unpaired) electrons. The molecule has 2 fully saturated rings. The van der Waals surface area contributed by atoms with E-state index in [0.717, 1.165) is 32.0 Å². The van der Waals surface area contributed by atoms with Crippen molar-refractivity contribution >= 4 is 17.3 Å². The normalized spacial score (nSPS) is 22.8. The molecule has 0 spiro atoms. The largest absolute Gasteiger partial charge is 0.356 e. The fourth-order valence-electron chi connectivity index (χ4n) is 3.72. The van der Waals surface area contributed by atoms with E-state index >= 15 is 0 Å². The third-order valence-electron chi connectivity index (χ3n) is 5.27. The molecular weight excluding hydrogens is 330 g/mol. The van der Waals surface area contributed by atoms with E-state index in [9.17, 15) is 0 Å². The van der Waals surface area contributed by atoms with Gasteiger partial charge in [0.05, 0.1) is 10.7 Å². The number of aromatic nitrogens is 1. The van der Waals surface area contributed by atoms with Gasteiger partial charge >= 0.3 is 0 Å². The molecule has 0 aliphatic carbocycles. The topological polar surface area (TPSA) is 43.8 Å². The quantitative estimate of drug-likeness (QED) is 0.660. The smallest absolute Gasteiger partial charge is 0.193 e. The highest BCUT2D eigenvalue weighted by Crippen LogP contribution is 2.24. The molecule has 3 heterocycles. The van der Waals surface area contributed by atoms with Gasteiger partial charge in [0.25, 0.3) is 0 Å². The van der Waals surface area contributed by atoms with Crippen LogP contribution in [0.15, 0.2) is 10.4 Å². The molecule has 0 bridgehead atoms. The van der Waals surface area contributed by atoms with Crippen LogP contribution in [0.1, 0.15) is 50.7 Å². The minimum Gasteiger partial charge on any atom is -0.356 e. The molecule has 2 saturated heterocycles. The Morgan fingerprint density at radius 2 is 2.08 bits per heavy atom. The molecule has 1 atom stereocenters. The minimum atomic E-state index is 0.137. The molecule has 1 aromatic rings. The summed E-state index contributed by atoms with van der Waals surface area (Å²) < 4.78 is 0. The molecule has 0 amide bonds. The van der Waals surface area contributed by atoms with Crippen LogP contribution in [-0.2, 0) is 11.8 Å². The number of hydrogen-bond donors (Lipinski definition) is 1. The molecule has 1 N–H and O–H groups in total. The number of nitrogens with zero attached hydrogens (tertiary/aromatic N) is 4. The van der Waals surface area contributed by atoms with Gasteiger partial charge in [-0.05, 0) is 32.4 Å². The lowest BCUT2D eigenvalue weighted by atomic mass is 9.93. The second kappa shape index (κ2) is 8.04. The lowest BCUT2D eigenvalue weighted by Crippen LogP contribution is -2.43. The Kier molecular flexibility index (Phi) is 6.00. The molecule has 2 aliphatic heterocycles. The summed E-state index contributed by atoms with van der Waals surface area (Å²) in [5.41, 5.74) is 1.34. The maximum absolute atomic E-state index is 4.78. The van der Waals surface area contributed by atoms with Gasteiger partial charge in [-0.25, -0.2) is 4.98 Å². The molecule has 2 aliphatic rings.